The lowest BCUT2D eigenvalue weighted by Gasteiger charge is -2.16. The lowest BCUT2D eigenvalue weighted by Crippen LogP contribution is -2.20. The van der Waals surface area contributed by atoms with E-state index in [1.54, 1.807) is 0 Å². The molecule has 0 aliphatic heterocycles. The fourth-order valence-corrected chi connectivity index (χ4v) is 6.21. The minimum atomic E-state index is 0.0414. The second-order valence-corrected chi connectivity index (χ2v) is 14.4. The molecule has 0 aliphatic rings. The van der Waals surface area contributed by atoms with Crippen molar-refractivity contribution in [3.05, 3.63) is 0 Å². The SMILES string of the molecule is CC.CCCCCCCC(CCCCCC)C(=O)OCCC.CCCCCCCCCC(CCCCCCC)C(=O)OCCCCNCCCO. The van der Waals surface area contributed by atoms with Gasteiger partial charge in [0.1, 0.15) is 0 Å². The molecule has 0 aromatic carbocycles. The van der Waals surface area contributed by atoms with Crippen molar-refractivity contribution < 1.29 is 24.2 Å². The van der Waals surface area contributed by atoms with Crippen molar-refractivity contribution in [3.8, 4) is 0 Å². The molecule has 0 aliphatic carbocycles. The molecule has 2 unspecified atom stereocenters. The average Bonchev–Trinajstić information content (AvgIpc) is 3.15. The number of ether oxygens (including phenoxy) is 2. The van der Waals surface area contributed by atoms with Gasteiger partial charge in [0.25, 0.3) is 0 Å². The Morgan fingerprint density at radius 2 is 0.765 bits per heavy atom. The van der Waals surface area contributed by atoms with Gasteiger partial charge in [0.05, 0.1) is 25.0 Å². The van der Waals surface area contributed by atoms with Crippen LogP contribution in [0.25, 0.3) is 0 Å². The number of unbranched alkanes of at least 4 members (excludes halogenated alkanes) is 18. The van der Waals surface area contributed by atoms with Crippen LogP contribution in [0.5, 0.6) is 0 Å². The van der Waals surface area contributed by atoms with Gasteiger partial charge in [-0.2, -0.15) is 0 Å². The molecule has 0 rings (SSSR count). The van der Waals surface area contributed by atoms with Gasteiger partial charge in [0, 0.05) is 6.61 Å². The molecule has 0 radical (unpaired) electrons. The van der Waals surface area contributed by atoms with Crippen LogP contribution < -0.4 is 5.32 Å². The number of rotatable bonds is 37. The van der Waals surface area contributed by atoms with E-state index >= 15 is 0 Å². The van der Waals surface area contributed by atoms with Gasteiger partial charge in [0.2, 0.25) is 0 Å². The predicted octanol–water partition coefficient (Wildman–Crippen LogP) is 13.3. The first kappa shape index (κ1) is 54.2. The fourth-order valence-electron chi connectivity index (χ4n) is 6.21. The van der Waals surface area contributed by atoms with Crippen LogP contribution in [0.3, 0.4) is 0 Å². The zero-order valence-electron chi connectivity index (χ0n) is 35.8. The van der Waals surface area contributed by atoms with Crippen molar-refractivity contribution >= 4 is 11.9 Å². The summed E-state index contributed by atoms with van der Waals surface area (Å²) in [4.78, 5) is 24.6. The van der Waals surface area contributed by atoms with Crippen molar-refractivity contribution in [1.29, 1.82) is 0 Å². The van der Waals surface area contributed by atoms with Crippen molar-refractivity contribution in [2.75, 3.05) is 32.9 Å². The molecule has 0 saturated carbocycles. The van der Waals surface area contributed by atoms with Gasteiger partial charge < -0.3 is 19.9 Å². The largest absolute Gasteiger partial charge is 0.465 e. The Hall–Kier alpha value is -1.14. The highest BCUT2D eigenvalue weighted by Crippen LogP contribution is 2.22. The van der Waals surface area contributed by atoms with E-state index in [9.17, 15) is 9.59 Å². The maximum absolute atomic E-state index is 12.6. The van der Waals surface area contributed by atoms with Gasteiger partial charge in [0.15, 0.2) is 0 Å². The van der Waals surface area contributed by atoms with E-state index in [-0.39, 0.29) is 30.4 Å². The molecule has 0 bridgehead atoms. The number of nitrogens with one attached hydrogen (secondary N) is 1. The summed E-state index contributed by atoms with van der Waals surface area (Å²) in [6.45, 7) is 18.2. The van der Waals surface area contributed by atoms with Gasteiger partial charge >= 0.3 is 11.9 Å². The minimum absolute atomic E-state index is 0.0414. The van der Waals surface area contributed by atoms with Gasteiger partial charge in [-0.25, -0.2) is 0 Å². The Kier molecular flexibility index (Phi) is 51.9. The predicted molar refractivity (Wildman–Crippen MR) is 222 cm³/mol. The quantitative estimate of drug-likeness (QED) is 0.0489. The molecular formula is C45H93NO5. The number of aliphatic hydroxyl groups is 1. The van der Waals surface area contributed by atoms with Crippen LogP contribution in [0.1, 0.15) is 235 Å². The minimum Gasteiger partial charge on any atom is -0.465 e. The van der Waals surface area contributed by atoms with Crippen LogP contribution in [-0.4, -0.2) is 50.0 Å². The molecule has 0 amide bonds. The summed E-state index contributed by atoms with van der Waals surface area (Å²) >= 11 is 0. The third kappa shape index (κ3) is 43.2. The third-order valence-corrected chi connectivity index (χ3v) is 9.49. The molecule has 0 heterocycles. The first-order valence-corrected chi connectivity index (χ1v) is 22.7. The number of esters is 2. The lowest BCUT2D eigenvalue weighted by molar-refractivity contribution is -0.150. The van der Waals surface area contributed by atoms with E-state index in [2.05, 4.69) is 33.0 Å². The number of aliphatic hydroxyl groups excluding tert-OH is 1. The van der Waals surface area contributed by atoms with E-state index < -0.39 is 0 Å². The van der Waals surface area contributed by atoms with Crippen LogP contribution in [0.4, 0.5) is 0 Å². The Morgan fingerprint density at radius 3 is 1.14 bits per heavy atom. The molecule has 2 N–H and O–H groups in total. The second kappa shape index (κ2) is 48.9. The molecule has 0 spiro atoms. The normalized spacial score (nSPS) is 11.9. The first-order chi connectivity index (χ1) is 25.0. The van der Waals surface area contributed by atoms with Crippen LogP contribution in [0.15, 0.2) is 0 Å². The Labute approximate surface area is 320 Å². The number of hydrogen-bond donors (Lipinski definition) is 2. The molecule has 6 nitrogen and oxygen atoms in total. The van der Waals surface area contributed by atoms with Crippen LogP contribution in [0.2, 0.25) is 0 Å². The van der Waals surface area contributed by atoms with Crippen LogP contribution in [-0.2, 0) is 19.1 Å². The summed E-state index contributed by atoms with van der Waals surface area (Å²) in [7, 11) is 0. The molecule has 0 aromatic rings. The van der Waals surface area contributed by atoms with E-state index in [0.717, 1.165) is 77.3 Å². The van der Waals surface area contributed by atoms with E-state index in [1.807, 2.05) is 20.8 Å². The van der Waals surface area contributed by atoms with Gasteiger partial charge in [-0.05, 0) is 64.5 Å². The number of carbonyl (C=O) groups is 2. The zero-order chi connectivity index (χ0) is 38.5. The van der Waals surface area contributed by atoms with Gasteiger partial charge in [-0.3, -0.25) is 9.59 Å². The molecule has 6 heteroatoms. The maximum atomic E-state index is 12.6. The Morgan fingerprint density at radius 1 is 0.431 bits per heavy atom. The van der Waals surface area contributed by atoms with Gasteiger partial charge in [-0.15, -0.1) is 0 Å². The summed E-state index contributed by atoms with van der Waals surface area (Å²) in [5, 5.41) is 12.0. The topological polar surface area (TPSA) is 84.9 Å². The van der Waals surface area contributed by atoms with Crippen molar-refractivity contribution in [2.45, 2.75) is 235 Å². The molecule has 2 atom stereocenters. The van der Waals surface area contributed by atoms with Gasteiger partial charge in [-0.1, -0.05) is 183 Å². The van der Waals surface area contributed by atoms with Crippen molar-refractivity contribution in [1.82, 2.24) is 5.32 Å². The highest BCUT2D eigenvalue weighted by atomic mass is 16.5. The highest BCUT2D eigenvalue weighted by Gasteiger charge is 2.20. The lowest BCUT2D eigenvalue weighted by atomic mass is 9.94. The van der Waals surface area contributed by atoms with E-state index in [0.29, 0.717) is 13.2 Å². The summed E-state index contributed by atoms with van der Waals surface area (Å²) in [6.07, 6.45) is 34.3. The highest BCUT2D eigenvalue weighted by molar-refractivity contribution is 5.72. The third-order valence-electron chi connectivity index (χ3n) is 9.49. The van der Waals surface area contributed by atoms with Crippen molar-refractivity contribution in [2.24, 2.45) is 11.8 Å². The molecule has 0 aromatic heterocycles. The summed E-state index contributed by atoms with van der Waals surface area (Å²) in [6, 6.07) is 0. The van der Waals surface area contributed by atoms with E-state index in [4.69, 9.17) is 14.6 Å². The molecule has 0 saturated heterocycles. The molecule has 0 fully saturated rings. The first-order valence-electron chi connectivity index (χ1n) is 22.7. The zero-order valence-corrected chi connectivity index (χ0v) is 35.8. The summed E-state index contributed by atoms with van der Waals surface area (Å²) < 4.78 is 11.0. The van der Waals surface area contributed by atoms with Crippen molar-refractivity contribution in [3.63, 3.8) is 0 Å². The van der Waals surface area contributed by atoms with Crippen LogP contribution in [0, 0.1) is 11.8 Å². The monoisotopic (exact) mass is 728 g/mol. The number of hydrogen-bond acceptors (Lipinski definition) is 6. The standard InChI is InChI=1S/C25H51NO3.C18H36O2.C2H6/c1-3-5-7-9-10-12-14-19-24(18-13-11-8-6-4-2)25(28)29-23-16-15-20-26-21-17-22-27;1-4-7-9-11-13-15-17(14-12-10-8-5-2)18(19)20-16-6-3;1-2/h24,26-27H,3-23H2,1-2H3;17H,4-16H2,1-3H3;1-2H3. The molecule has 308 valence electrons. The second-order valence-electron chi connectivity index (χ2n) is 14.4. The smallest absolute Gasteiger partial charge is 0.308 e. The van der Waals surface area contributed by atoms with E-state index in [1.165, 1.54) is 122 Å². The molecule has 51 heavy (non-hydrogen) atoms. The Bertz CT molecular complexity index is 659. The van der Waals surface area contributed by atoms with Crippen LogP contribution >= 0.6 is 0 Å². The number of carbonyl (C=O) groups excluding carboxylic acids is 2. The summed E-state index contributed by atoms with van der Waals surface area (Å²) in [5.74, 6) is 0.355. The summed E-state index contributed by atoms with van der Waals surface area (Å²) in [5.41, 5.74) is 0. The Balaban J connectivity index is -0.000000915. The average molecular weight is 728 g/mol. The maximum Gasteiger partial charge on any atom is 0.308 e. The molecular weight excluding hydrogens is 634 g/mol. The fraction of sp³-hybridized carbons (Fsp3) is 0.956.